The second kappa shape index (κ2) is 6.50. The fourth-order valence-electron chi connectivity index (χ4n) is 2.51. The first-order valence-electron chi connectivity index (χ1n) is 6.69. The highest BCUT2D eigenvalue weighted by atomic mass is 16.5. The van der Waals surface area contributed by atoms with E-state index in [4.69, 9.17) is 10.5 Å². The Morgan fingerprint density at radius 1 is 1.56 bits per heavy atom. The van der Waals surface area contributed by atoms with Gasteiger partial charge in [-0.3, -0.25) is 4.79 Å². The van der Waals surface area contributed by atoms with Gasteiger partial charge in [-0.15, -0.1) is 0 Å². The van der Waals surface area contributed by atoms with Crippen molar-refractivity contribution in [2.24, 2.45) is 5.73 Å². The van der Waals surface area contributed by atoms with Crippen LogP contribution in [-0.4, -0.2) is 55.7 Å². The lowest BCUT2D eigenvalue weighted by Gasteiger charge is -2.39. The molecule has 5 nitrogen and oxygen atoms in total. The van der Waals surface area contributed by atoms with E-state index >= 15 is 0 Å². The van der Waals surface area contributed by atoms with E-state index in [1.165, 1.54) is 0 Å². The molecule has 0 aliphatic carbocycles. The van der Waals surface area contributed by atoms with E-state index in [1.807, 2.05) is 6.92 Å². The van der Waals surface area contributed by atoms with E-state index in [2.05, 4.69) is 24.2 Å². The standard InChI is InChI=1S/C13H27N3O2/c1-10(9-13(2,15-3)12(14)17)16(4)11-5-7-18-8-6-11/h10-11,15H,5-9H2,1-4H3,(H2,14,17). The SMILES string of the molecule is CNC(C)(CC(C)N(C)C1CCOCC1)C(N)=O. The van der Waals surface area contributed by atoms with Gasteiger partial charge in [-0.05, 0) is 47.2 Å². The second-order valence-corrected chi connectivity index (χ2v) is 5.51. The second-order valence-electron chi connectivity index (χ2n) is 5.51. The van der Waals surface area contributed by atoms with Crippen molar-refractivity contribution in [2.45, 2.75) is 50.7 Å². The Kier molecular flexibility index (Phi) is 5.56. The Bertz CT molecular complexity index is 279. The van der Waals surface area contributed by atoms with E-state index in [-0.39, 0.29) is 5.91 Å². The van der Waals surface area contributed by atoms with Crippen LogP contribution < -0.4 is 11.1 Å². The Hall–Kier alpha value is -0.650. The molecule has 18 heavy (non-hydrogen) atoms. The summed E-state index contributed by atoms with van der Waals surface area (Å²) in [5.74, 6) is -0.294. The molecule has 2 atom stereocenters. The Morgan fingerprint density at radius 2 is 2.11 bits per heavy atom. The molecule has 0 spiro atoms. The zero-order chi connectivity index (χ0) is 13.8. The van der Waals surface area contributed by atoms with Crippen LogP contribution in [0, 0.1) is 0 Å². The largest absolute Gasteiger partial charge is 0.381 e. The van der Waals surface area contributed by atoms with Crippen molar-refractivity contribution < 1.29 is 9.53 Å². The van der Waals surface area contributed by atoms with Gasteiger partial charge in [-0.25, -0.2) is 0 Å². The average Bonchev–Trinajstić information content (AvgIpc) is 2.38. The van der Waals surface area contributed by atoms with E-state index < -0.39 is 5.54 Å². The van der Waals surface area contributed by atoms with Crippen molar-refractivity contribution in [3.63, 3.8) is 0 Å². The third-order valence-electron chi connectivity index (χ3n) is 4.26. The summed E-state index contributed by atoms with van der Waals surface area (Å²) in [5, 5.41) is 3.04. The lowest BCUT2D eigenvalue weighted by atomic mass is 9.91. The first-order valence-corrected chi connectivity index (χ1v) is 6.69. The molecule has 0 aromatic carbocycles. The van der Waals surface area contributed by atoms with Crippen LogP contribution in [0.2, 0.25) is 0 Å². The predicted molar refractivity (Wildman–Crippen MR) is 72.3 cm³/mol. The number of hydrogen-bond donors (Lipinski definition) is 2. The monoisotopic (exact) mass is 257 g/mol. The van der Waals surface area contributed by atoms with Gasteiger partial charge in [-0.2, -0.15) is 0 Å². The zero-order valence-electron chi connectivity index (χ0n) is 12.0. The van der Waals surface area contributed by atoms with Crippen molar-refractivity contribution in [2.75, 3.05) is 27.3 Å². The molecule has 0 bridgehead atoms. The highest BCUT2D eigenvalue weighted by Crippen LogP contribution is 2.20. The van der Waals surface area contributed by atoms with Gasteiger partial charge in [-0.1, -0.05) is 0 Å². The molecule has 1 aliphatic rings. The summed E-state index contributed by atoms with van der Waals surface area (Å²) < 4.78 is 5.38. The molecule has 0 radical (unpaired) electrons. The van der Waals surface area contributed by atoms with Crippen LogP contribution >= 0.6 is 0 Å². The highest BCUT2D eigenvalue weighted by Gasteiger charge is 2.33. The molecule has 1 aliphatic heterocycles. The number of hydrogen-bond acceptors (Lipinski definition) is 4. The summed E-state index contributed by atoms with van der Waals surface area (Å²) in [5.41, 5.74) is 4.83. The first-order chi connectivity index (χ1) is 8.40. The quantitative estimate of drug-likeness (QED) is 0.720. The van der Waals surface area contributed by atoms with Gasteiger partial charge >= 0.3 is 0 Å². The lowest BCUT2D eigenvalue weighted by molar-refractivity contribution is -0.124. The third-order valence-corrected chi connectivity index (χ3v) is 4.26. The predicted octanol–water partition coefficient (Wildman–Crippen LogP) is 0.339. The maximum Gasteiger partial charge on any atom is 0.237 e. The fraction of sp³-hybridized carbons (Fsp3) is 0.923. The average molecular weight is 257 g/mol. The van der Waals surface area contributed by atoms with E-state index in [0.29, 0.717) is 18.5 Å². The molecule has 1 heterocycles. The number of amides is 1. The minimum Gasteiger partial charge on any atom is -0.381 e. The number of ether oxygens (including phenoxy) is 1. The smallest absolute Gasteiger partial charge is 0.237 e. The maximum atomic E-state index is 11.5. The molecule has 106 valence electrons. The van der Waals surface area contributed by atoms with Crippen molar-refractivity contribution in [1.29, 1.82) is 0 Å². The Labute approximate surface area is 110 Å². The summed E-state index contributed by atoms with van der Waals surface area (Å²) >= 11 is 0. The van der Waals surface area contributed by atoms with Crippen LogP contribution in [0.4, 0.5) is 0 Å². The van der Waals surface area contributed by atoms with Gasteiger partial charge in [0.1, 0.15) is 0 Å². The highest BCUT2D eigenvalue weighted by molar-refractivity contribution is 5.84. The number of carbonyl (C=O) groups is 1. The molecule has 0 aromatic heterocycles. The van der Waals surface area contributed by atoms with Crippen molar-refractivity contribution in [3.8, 4) is 0 Å². The fourth-order valence-corrected chi connectivity index (χ4v) is 2.51. The van der Waals surface area contributed by atoms with Crippen LogP contribution in [0.3, 0.4) is 0 Å². The zero-order valence-corrected chi connectivity index (χ0v) is 12.0. The molecule has 1 rings (SSSR count). The van der Waals surface area contributed by atoms with Gasteiger partial charge in [0.15, 0.2) is 0 Å². The van der Waals surface area contributed by atoms with Crippen LogP contribution in [0.25, 0.3) is 0 Å². The normalized spacial score (nSPS) is 22.7. The maximum absolute atomic E-state index is 11.5. The molecular weight excluding hydrogens is 230 g/mol. The summed E-state index contributed by atoms with van der Waals surface area (Å²) in [4.78, 5) is 13.9. The summed E-state index contributed by atoms with van der Waals surface area (Å²) in [6.07, 6.45) is 2.84. The molecule has 1 fully saturated rings. The molecule has 1 amide bonds. The van der Waals surface area contributed by atoms with Gasteiger partial charge in [0, 0.05) is 25.3 Å². The van der Waals surface area contributed by atoms with Gasteiger partial charge in [0.05, 0.1) is 5.54 Å². The number of rotatable bonds is 6. The molecule has 2 unspecified atom stereocenters. The molecule has 0 saturated carbocycles. The van der Waals surface area contributed by atoms with Crippen LogP contribution in [0.15, 0.2) is 0 Å². The first kappa shape index (κ1) is 15.4. The summed E-state index contributed by atoms with van der Waals surface area (Å²) in [6, 6.07) is 0.848. The van der Waals surface area contributed by atoms with Crippen LogP contribution in [0.1, 0.15) is 33.1 Å². The van der Waals surface area contributed by atoms with Crippen LogP contribution in [-0.2, 0) is 9.53 Å². The third kappa shape index (κ3) is 3.67. The number of primary amides is 1. The number of nitrogens with one attached hydrogen (secondary N) is 1. The number of likely N-dealkylation sites (N-methyl/N-ethyl adjacent to an activating group) is 1. The number of carbonyl (C=O) groups excluding carboxylic acids is 1. The molecule has 5 heteroatoms. The Balaban J connectivity index is 2.57. The van der Waals surface area contributed by atoms with E-state index in [9.17, 15) is 4.79 Å². The van der Waals surface area contributed by atoms with Gasteiger partial charge in [0.2, 0.25) is 5.91 Å². The molecule has 3 N–H and O–H groups in total. The minimum absolute atomic E-state index is 0.294. The number of nitrogens with two attached hydrogens (primary N) is 1. The summed E-state index contributed by atoms with van der Waals surface area (Å²) in [6.45, 7) is 5.68. The topological polar surface area (TPSA) is 67.6 Å². The van der Waals surface area contributed by atoms with E-state index in [0.717, 1.165) is 26.1 Å². The number of nitrogens with zero attached hydrogens (tertiary/aromatic N) is 1. The van der Waals surface area contributed by atoms with E-state index in [1.54, 1.807) is 7.05 Å². The molecule has 0 aromatic rings. The minimum atomic E-state index is -0.640. The molecule has 1 saturated heterocycles. The van der Waals surface area contributed by atoms with Crippen molar-refractivity contribution >= 4 is 5.91 Å². The lowest BCUT2D eigenvalue weighted by Crippen LogP contribution is -2.55. The van der Waals surface area contributed by atoms with Gasteiger partial charge in [0.25, 0.3) is 0 Å². The van der Waals surface area contributed by atoms with Gasteiger partial charge < -0.3 is 20.7 Å². The summed E-state index contributed by atoms with van der Waals surface area (Å²) in [7, 11) is 3.91. The molecular formula is C13H27N3O2. The van der Waals surface area contributed by atoms with Crippen molar-refractivity contribution in [1.82, 2.24) is 10.2 Å². The Morgan fingerprint density at radius 3 is 2.56 bits per heavy atom. The van der Waals surface area contributed by atoms with Crippen LogP contribution in [0.5, 0.6) is 0 Å². The van der Waals surface area contributed by atoms with Crippen molar-refractivity contribution in [3.05, 3.63) is 0 Å².